The molecule has 0 spiro atoms. The van der Waals surface area contributed by atoms with Crippen LogP contribution in [0.2, 0.25) is 0 Å². The first kappa shape index (κ1) is 15.0. The van der Waals surface area contributed by atoms with E-state index < -0.39 is 0 Å². The van der Waals surface area contributed by atoms with Gasteiger partial charge >= 0.3 is 0 Å². The Morgan fingerprint density at radius 1 is 1.22 bits per heavy atom. The molecule has 5 heteroatoms. The molecule has 2 aromatic carbocycles. The van der Waals surface area contributed by atoms with Crippen LogP contribution in [0.3, 0.4) is 0 Å². The summed E-state index contributed by atoms with van der Waals surface area (Å²) in [6.07, 6.45) is 3.43. The van der Waals surface area contributed by atoms with Gasteiger partial charge in [0, 0.05) is 6.42 Å². The van der Waals surface area contributed by atoms with Crippen LogP contribution in [0.25, 0.3) is 6.08 Å². The number of allylic oxidation sites excluding steroid dienone is 1. The van der Waals surface area contributed by atoms with E-state index in [1.54, 1.807) is 30.3 Å². The van der Waals surface area contributed by atoms with Crippen molar-refractivity contribution in [2.75, 3.05) is 13.9 Å². The molecule has 0 amide bonds. The molecule has 0 aromatic heterocycles. The van der Waals surface area contributed by atoms with Crippen molar-refractivity contribution in [2.45, 2.75) is 6.42 Å². The quantitative estimate of drug-likeness (QED) is 0.860. The van der Waals surface area contributed by atoms with Gasteiger partial charge in [0.1, 0.15) is 0 Å². The van der Waals surface area contributed by atoms with Crippen molar-refractivity contribution in [1.82, 2.24) is 0 Å². The SMILES string of the molecule is COc1ccc(/C=C/C(=O)Cc2ccc3c(c2)OCO3)cc1O. The fourth-order valence-electron chi connectivity index (χ4n) is 2.31. The highest BCUT2D eigenvalue weighted by atomic mass is 16.7. The Morgan fingerprint density at radius 2 is 2.04 bits per heavy atom. The molecule has 1 aliphatic heterocycles. The summed E-state index contributed by atoms with van der Waals surface area (Å²) in [5.41, 5.74) is 1.59. The van der Waals surface area contributed by atoms with Crippen molar-refractivity contribution in [2.24, 2.45) is 0 Å². The molecule has 0 saturated carbocycles. The molecule has 0 saturated heterocycles. The lowest BCUT2D eigenvalue weighted by molar-refractivity contribution is -0.113. The highest BCUT2D eigenvalue weighted by Gasteiger charge is 2.13. The first-order valence-electron chi connectivity index (χ1n) is 7.12. The molecule has 23 heavy (non-hydrogen) atoms. The smallest absolute Gasteiger partial charge is 0.231 e. The van der Waals surface area contributed by atoms with Gasteiger partial charge in [-0.2, -0.15) is 0 Å². The van der Waals surface area contributed by atoms with Gasteiger partial charge in [-0.3, -0.25) is 4.79 Å². The molecule has 0 fully saturated rings. The number of phenolic OH excluding ortho intramolecular Hbond substituents is 1. The summed E-state index contributed by atoms with van der Waals surface area (Å²) in [7, 11) is 1.49. The van der Waals surface area contributed by atoms with E-state index >= 15 is 0 Å². The van der Waals surface area contributed by atoms with Gasteiger partial charge in [-0.25, -0.2) is 0 Å². The zero-order valence-electron chi connectivity index (χ0n) is 12.6. The Labute approximate surface area is 133 Å². The van der Waals surface area contributed by atoms with E-state index in [0.717, 1.165) is 11.1 Å². The molecule has 0 radical (unpaired) electrons. The highest BCUT2D eigenvalue weighted by molar-refractivity contribution is 5.95. The van der Waals surface area contributed by atoms with E-state index in [9.17, 15) is 9.90 Å². The van der Waals surface area contributed by atoms with Crippen molar-refractivity contribution in [3.63, 3.8) is 0 Å². The molecular formula is C18H16O5. The van der Waals surface area contributed by atoms with Crippen LogP contribution in [0, 0.1) is 0 Å². The van der Waals surface area contributed by atoms with Crippen molar-refractivity contribution < 1.29 is 24.1 Å². The van der Waals surface area contributed by atoms with Gasteiger partial charge in [-0.05, 0) is 41.5 Å². The monoisotopic (exact) mass is 312 g/mol. The molecule has 0 atom stereocenters. The molecule has 0 unspecified atom stereocenters. The topological polar surface area (TPSA) is 65.0 Å². The molecule has 3 rings (SSSR count). The summed E-state index contributed by atoms with van der Waals surface area (Å²) in [6, 6.07) is 10.4. The third-order valence-corrected chi connectivity index (χ3v) is 3.48. The molecule has 1 heterocycles. The van der Waals surface area contributed by atoms with Gasteiger partial charge in [-0.1, -0.05) is 18.2 Å². The van der Waals surface area contributed by atoms with Crippen LogP contribution in [-0.4, -0.2) is 24.8 Å². The van der Waals surface area contributed by atoms with Crippen LogP contribution in [0.5, 0.6) is 23.0 Å². The third-order valence-electron chi connectivity index (χ3n) is 3.48. The summed E-state index contributed by atoms with van der Waals surface area (Å²) in [5.74, 6) is 1.76. The number of methoxy groups -OCH3 is 1. The summed E-state index contributed by atoms with van der Waals surface area (Å²) < 4.78 is 15.5. The number of rotatable bonds is 5. The number of aromatic hydroxyl groups is 1. The number of carbonyl (C=O) groups is 1. The fraction of sp³-hybridized carbons (Fsp3) is 0.167. The predicted molar refractivity (Wildman–Crippen MR) is 85.0 cm³/mol. The molecular weight excluding hydrogens is 296 g/mol. The Hall–Kier alpha value is -2.95. The summed E-state index contributed by atoms with van der Waals surface area (Å²) in [4.78, 5) is 12.0. The minimum absolute atomic E-state index is 0.0397. The molecule has 5 nitrogen and oxygen atoms in total. The maximum Gasteiger partial charge on any atom is 0.231 e. The largest absolute Gasteiger partial charge is 0.504 e. The zero-order valence-corrected chi connectivity index (χ0v) is 12.6. The van der Waals surface area contributed by atoms with E-state index in [-0.39, 0.29) is 24.7 Å². The van der Waals surface area contributed by atoms with Gasteiger partial charge in [0.05, 0.1) is 7.11 Å². The minimum atomic E-state index is -0.0424. The summed E-state index contributed by atoms with van der Waals surface area (Å²) in [6.45, 7) is 0.216. The number of hydrogen-bond acceptors (Lipinski definition) is 5. The predicted octanol–water partition coefficient (Wildman–Crippen LogP) is 2.95. The fourth-order valence-corrected chi connectivity index (χ4v) is 2.31. The van der Waals surface area contributed by atoms with E-state index in [2.05, 4.69) is 0 Å². The number of hydrogen-bond donors (Lipinski definition) is 1. The Balaban J connectivity index is 1.66. The second kappa shape index (κ2) is 6.44. The Morgan fingerprint density at radius 3 is 2.83 bits per heavy atom. The maximum atomic E-state index is 12.0. The first-order chi connectivity index (χ1) is 11.2. The third kappa shape index (κ3) is 3.45. The van der Waals surface area contributed by atoms with Crippen LogP contribution in [0.15, 0.2) is 42.5 Å². The number of phenols is 1. The molecule has 0 aliphatic carbocycles. The van der Waals surface area contributed by atoms with Crippen LogP contribution in [-0.2, 0) is 11.2 Å². The average Bonchev–Trinajstić information content (AvgIpc) is 3.01. The molecule has 1 aliphatic rings. The van der Waals surface area contributed by atoms with Crippen LogP contribution < -0.4 is 14.2 Å². The van der Waals surface area contributed by atoms with Crippen LogP contribution in [0.4, 0.5) is 0 Å². The maximum absolute atomic E-state index is 12.0. The normalized spacial score (nSPS) is 12.6. The minimum Gasteiger partial charge on any atom is -0.504 e. The number of fused-ring (bicyclic) bond motifs is 1. The van der Waals surface area contributed by atoms with Crippen LogP contribution >= 0.6 is 0 Å². The van der Waals surface area contributed by atoms with Gasteiger partial charge in [-0.15, -0.1) is 0 Å². The van der Waals surface area contributed by atoms with Gasteiger partial charge in [0.2, 0.25) is 6.79 Å². The molecule has 1 N–H and O–H groups in total. The van der Waals surface area contributed by atoms with Crippen molar-refractivity contribution in [3.05, 3.63) is 53.6 Å². The zero-order chi connectivity index (χ0) is 16.2. The number of carbonyl (C=O) groups excluding carboxylic acids is 1. The van der Waals surface area contributed by atoms with Crippen molar-refractivity contribution in [3.8, 4) is 23.0 Å². The van der Waals surface area contributed by atoms with E-state index in [1.165, 1.54) is 13.2 Å². The second-order valence-corrected chi connectivity index (χ2v) is 5.10. The standard InChI is InChI=1S/C18H16O5/c1-21-16-6-3-12(9-15(16)20)2-5-14(19)8-13-4-7-17-18(10-13)23-11-22-17/h2-7,9-10,20H,8,11H2,1H3/b5-2+. The number of ketones is 1. The lowest BCUT2D eigenvalue weighted by Crippen LogP contribution is -1.98. The lowest BCUT2D eigenvalue weighted by atomic mass is 10.1. The highest BCUT2D eigenvalue weighted by Crippen LogP contribution is 2.32. The summed E-state index contributed by atoms with van der Waals surface area (Å²) >= 11 is 0. The molecule has 0 bridgehead atoms. The van der Waals surface area contributed by atoms with Gasteiger partial charge < -0.3 is 19.3 Å². The van der Waals surface area contributed by atoms with Crippen molar-refractivity contribution in [1.29, 1.82) is 0 Å². The molecule has 2 aromatic rings. The number of benzene rings is 2. The summed E-state index contributed by atoms with van der Waals surface area (Å²) in [5, 5.41) is 9.71. The Kier molecular flexibility index (Phi) is 4.19. The van der Waals surface area contributed by atoms with Crippen molar-refractivity contribution >= 4 is 11.9 Å². The lowest BCUT2D eigenvalue weighted by Gasteiger charge is -2.03. The average molecular weight is 312 g/mol. The Bertz CT molecular complexity index is 764. The van der Waals surface area contributed by atoms with E-state index in [4.69, 9.17) is 14.2 Å². The van der Waals surface area contributed by atoms with Crippen LogP contribution in [0.1, 0.15) is 11.1 Å². The number of ether oxygens (including phenoxy) is 3. The van der Waals surface area contributed by atoms with E-state index in [0.29, 0.717) is 17.2 Å². The second-order valence-electron chi connectivity index (χ2n) is 5.10. The van der Waals surface area contributed by atoms with Gasteiger partial charge in [0.15, 0.2) is 28.8 Å². The van der Waals surface area contributed by atoms with Gasteiger partial charge in [0.25, 0.3) is 0 Å². The molecule has 118 valence electrons. The van der Waals surface area contributed by atoms with E-state index in [1.807, 2.05) is 12.1 Å². The first-order valence-corrected chi connectivity index (χ1v) is 7.12.